The van der Waals surface area contributed by atoms with Crippen LogP contribution >= 0.6 is 11.6 Å². The first-order valence-electron chi connectivity index (χ1n) is 9.06. The molecule has 9 nitrogen and oxygen atoms in total. The smallest absolute Gasteiger partial charge is 0.306 e. The summed E-state index contributed by atoms with van der Waals surface area (Å²) >= 11 is 6.21. The van der Waals surface area contributed by atoms with Gasteiger partial charge in [0.05, 0.1) is 12.8 Å². The minimum Gasteiger partial charge on any atom is -0.306 e. The lowest BCUT2D eigenvalue weighted by Gasteiger charge is -2.09. The van der Waals surface area contributed by atoms with Crippen LogP contribution in [0.3, 0.4) is 0 Å². The number of benzene rings is 1. The Morgan fingerprint density at radius 1 is 1.13 bits per heavy atom. The van der Waals surface area contributed by atoms with Crippen LogP contribution < -0.4 is 16.7 Å². The summed E-state index contributed by atoms with van der Waals surface area (Å²) in [4.78, 5) is 34.3. The maximum absolute atomic E-state index is 13.1. The molecular formula is C20H18ClN7O2. The van der Waals surface area contributed by atoms with Crippen molar-refractivity contribution >= 4 is 34.9 Å². The molecule has 0 atom stereocenters. The average molecular weight is 424 g/mol. The van der Waals surface area contributed by atoms with E-state index in [2.05, 4.69) is 20.5 Å². The number of imidazole rings is 1. The fraction of sp³-hybridized carbons (Fsp3) is 0.150. The molecule has 0 radical (unpaired) electrons. The Bertz CT molecular complexity index is 1370. The van der Waals surface area contributed by atoms with Gasteiger partial charge < -0.3 is 4.57 Å². The van der Waals surface area contributed by atoms with Crippen molar-refractivity contribution in [3.63, 3.8) is 0 Å². The lowest BCUT2D eigenvalue weighted by atomic mass is 10.2. The Balaban J connectivity index is 1.76. The molecule has 0 fully saturated rings. The Morgan fingerprint density at radius 2 is 1.93 bits per heavy atom. The lowest BCUT2D eigenvalue weighted by Crippen LogP contribution is -2.39. The second-order valence-corrected chi connectivity index (χ2v) is 7.05. The number of hydrogen-bond acceptors (Lipinski definition) is 6. The molecule has 0 spiro atoms. The molecule has 3 heterocycles. The van der Waals surface area contributed by atoms with Crippen molar-refractivity contribution < 1.29 is 0 Å². The minimum absolute atomic E-state index is 0.0637. The third kappa shape index (κ3) is 3.50. The van der Waals surface area contributed by atoms with Gasteiger partial charge in [-0.3, -0.25) is 18.9 Å². The predicted molar refractivity (Wildman–Crippen MR) is 116 cm³/mol. The number of aryl methyl sites for hydroxylation is 2. The van der Waals surface area contributed by atoms with Crippen molar-refractivity contribution in [3.05, 3.63) is 85.8 Å². The Hall–Kier alpha value is -3.72. The van der Waals surface area contributed by atoms with Crippen molar-refractivity contribution in [3.8, 4) is 0 Å². The second kappa shape index (κ2) is 7.96. The first-order valence-corrected chi connectivity index (χ1v) is 9.44. The summed E-state index contributed by atoms with van der Waals surface area (Å²) < 4.78 is 4.05. The van der Waals surface area contributed by atoms with E-state index in [-0.39, 0.29) is 17.7 Å². The van der Waals surface area contributed by atoms with E-state index < -0.39 is 11.2 Å². The summed E-state index contributed by atoms with van der Waals surface area (Å²) in [6.07, 6.45) is 4.92. The number of aromatic nitrogens is 5. The molecular weight excluding hydrogens is 406 g/mol. The van der Waals surface area contributed by atoms with Gasteiger partial charge in [-0.25, -0.2) is 10.2 Å². The van der Waals surface area contributed by atoms with Gasteiger partial charge in [0.15, 0.2) is 11.2 Å². The minimum atomic E-state index is -0.476. The van der Waals surface area contributed by atoms with Crippen molar-refractivity contribution in [2.75, 3.05) is 5.43 Å². The summed E-state index contributed by atoms with van der Waals surface area (Å²) in [7, 11) is 3.26. The maximum atomic E-state index is 13.1. The van der Waals surface area contributed by atoms with Gasteiger partial charge in [-0.2, -0.15) is 10.1 Å². The highest BCUT2D eigenvalue weighted by atomic mass is 35.5. The molecule has 10 heteroatoms. The van der Waals surface area contributed by atoms with Gasteiger partial charge in [0, 0.05) is 37.1 Å². The third-order valence-electron chi connectivity index (χ3n) is 4.71. The third-order valence-corrected chi connectivity index (χ3v) is 5.08. The molecule has 152 valence electrons. The van der Waals surface area contributed by atoms with Crippen molar-refractivity contribution in [1.82, 2.24) is 23.7 Å². The fourth-order valence-electron chi connectivity index (χ4n) is 3.10. The molecule has 4 rings (SSSR count). The Labute approximate surface area is 175 Å². The number of pyridine rings is 1. The van der Waals surface area contributed by atoms with Gasteiger partial charge in [0.2, 0.25) is 5.95 Å². The number of halogens is 1. The molecule has 0 saturated heterocycles. The summed E-state index contributed by atoms with van der Waals surface area (Å²) in [5, 5.41) is 4.63. The molecule has 0 aliphatic heterocycles. The van der Waals surface area contributed by atoms with E-state index in [1.165, 1.54) is 4.57 Å². The van der Waals surface area contributed by atoms with E-state index >= 15 is 0 Å². The highest BCUT2D eigenvalue weighted by molar-refractivity contribution is 6.31. The maximum Gasteiger partial charge on any atom is 0.332 e. The average Bonchev–Trinajstić information content (AvgIpc) is 3.08. The van der Waals surface area contributed by atoms with Crippen LogP contribution in [0.15, 0.2) is 63.5 Å². The van der Waals surface area contributed by atoms with E-state index in [0.717, 1.165) is 10.1 Å². The van der Waals surface area contributed by atoms with Crippen molar-refractivity contribution in [2.45, 2.75) is 6.54 Å². The first kappa shape index (κ1) is 19.6. The monoisotopic (exact) mass is 423 g/mol. The molecule has 0 unspecified atom stereocenters. The van der Waals surface area contributed by atoms with Gasteiger partial charge in [-0.15, -0.1) is 0 Å². The fourth-order valence-corrected chi connectivity index (χ4v) is 3.29. The quantitative estimate of drug-likeness (QED) is 0.391. The standard InChI is InChI=1S/C20H18ClN7O2/c1-26-16-17(24-19(26)25-23-11-13-6-5-9-22-10-13)27(2)20(30)28(18(16)29)12-14-7-3-4-8-15(14)21/h3-11H,12H2,1-2H3,(H,24,25). The van der Waals surface area contributed by atoms with Crippen molar-refractivity contribution in [1.29, 1.82) is 0 Å². The molecule has 0 aliphatic carbocycles. The number of rotatable bonds is 5. The Kier molecular flexibility index (Phi) is 5.20. The van der Waals surface area contributed by atoms with Crippen LogP contribution in [0.4, 0.5) is 5.95 Å². The van der Waals surface area contributed by atoms with Crippen molar-refractivity contribution in [2.24, 2.45) is 19.2 Å². The van der Waals surface area contributed by atoms with E-state index in [0.29, 0.717) is 16.5 Å². The van der Waals surface area contributed by atoms with Crippen LogP contribution in [0.2, 0.25) is 5.02 Å². The zero-order chi connectivity index (χ0) is 21.3. The molecule has 0 amide bonds. The number of hydrogen-bond donors (Lipinski definition) is 1. The van der Waals surface area contributed by atoms with Crippen LogP contribution in [0, 0.1) is 0 Å². The summed E-state index contributed by atoms with van der Waals surface area (Å²) in [5.74, 6) is 0.327. The van der Waals surface area contributed by atoms with Gasteiger partial charge in [-0.05, 0) is 17.7 Å². The largest absolute Gasteiger partial charge is 0.332 e. The van der Waals surface area contributed by atoms with Crippen LogP contribution in [0.1, 0.15) is 11.1 Å². The molecule has 1 N–H and O–H groups in total. The molecule has 4 aromatic rings. The van der Waals surface area contributed by atoms with Crippen LogP contribution in [0.5, 0.6) is 0 Å². The molecule has 0 saturated carbocycles. The van der Waals surface area contributed by atoms with Crippen LogP contribution in [-0.4, -0.2) is 29.9 Å². The predicted octanol–water partition coefficient (Wildman–Crippen LogP) is 1.98. The van der Waals surface area contributed by atoms with Crippen LogP contribution in [0.25, 0.3) is 11.2 Å². The Morgan fingerprint density at radius 3 is 2.67 bits per heavy atom. The normalized spacial score (nSPS) is 11.4. The van der Waals surface area contributed by atoms with Gasteiger partial charge in [-0.1, -0.05) is 35.9 Å². The van der Waals surface area contributed by atoms with E-state index in [9.17, 15) is 9.59 Å². The summed E-state index contributed by atoms with van der Waals surface area (Å²) in [6, 6.07) is 10.7. The first-order chi connectivity index (χ1) is 14.5. The number of nitrogens with zero attached hydrogens (tertiary/aromatic N) is 6. The zero-order valence-corrected chi connectivity index (χ0v) is 17.0. The molecule has 1 aromatic carbocycles. The highest BCUT2D eigenvalue weighted by Crippen LogP contribution is 2.17. The second-order valence-electron chi connectivity index (χ2n) is 6.65. The zero-order valence-electron chi connectivity index (χ0n) is 16.3. The number of hydrazone groups is 1. The molecule has 3 aromatic heterocycles. The van der Waals surface area contributed by atoms with E-state index in [4.69, 9.17) is 11.6 Å². The molecule has 30 heavy (non-hydrogen) atoms. The van der Waals surface area contributed by atoms with Crippen LogP contribution in [-0.2, 0) is 20.6 Å². The van der Waals surface area contributed by atoms with E-state index in [1.807, 2.05) is 12.1 Å². The molecule has 0 bridgehead atoms. The van der Waals surface area contributed by atoms with Gasteiger partial charge in [0.1, 0.15) is 0 Å². The molecule has 0 aliphatic rings. The number of anilines is 1. The van der Waals surface area contributed by atoms with E-state index in [1.54, 1.807) is 61.5 Å². The lowest BCUT2D eigenvalue weighted by molar-refractivity contribution is 0.655. The summed E-state index contributed by atoms with van der Waals surface area (Å²) in [6.45, 7) is 0.0637. The van der Waals surface area contributed by atoms with Gasteiger partial charge in [0.25, 0.3) is 5.56 Å². The van der Waals surface area contributed by atoms with Gasteiger partial charge >= 0.3 is 5.69 Å². The number of fused-ring (bicyclic) bond motifs is 1. The number of nitrogens with one attached hydrogen (secondary N) is 1. The topological polar surface area (TPSA) is 99.1 Å². The summed E-state index contributed by atoms with van der Waals surface area (Å²) in [5.41, 5.74) is 3.91. The highest BCUT2D eigenvalue weighted by Gasteiger charge is 2.19. The SMILES string of the molecule is Cn1c(NN=Cc2cccnc2)nc2c1c(=O)n(Cc1ccccc1Cl)c(=O)n2C.